The molecule has 1 aromatic rings. The summed E-state index contributed by atoms with van der Waals surface area (Å²) in [7, 11) is 2.18. The molecule has 0 spiro atoms. The summed E-state index contributed by atoms with van der Waals surface area (Å²) in [6.07, 6.45) is 3.20. The number of allylic oxidation sites excluding steroid dienone is 2. The van der Waals surface area contributed by atoms with Crippen molar-refractivity contribution in [3.8, 4) is 0 Å². The van der Waals surface area contributed by atoms with Gasteiger partial charge >= 0.3 is 0 Å². The lowest BCUT2D eigenvalue weighted by Crippen LogP contribution is -2.13. The van der Waals surface area contributed by atoms with Crippen LogP contribution in [0.5, 0.6) is 0 Å². The normalized spacial score (nSPS) is 27.6. The molecule has 2 aliphatic rings. The molecule has 0 saturated carbocycles. The quantitative estimate of drug-likeness (QED) is 0.645. The molecule has 0 aromatic heterocycles. The first-order valence-electron chi connectivity index (χ1n) is 5.83. The summed E-state index contributed by atoms with van der Waals surface area (Å²) < 4.78 is 0. The van der Waals surface area contributed by atoms with Crippen LogP contribution in [0.4, 0.5) is 5.69 Å². The van der Waals surface area contributed by atoms with E-state index in [0.717, 1.165) is 18.2 Å². The number of hydrogen-bond acceptors (Lipinski definition) is 2. The number of hydrogen-bond donors (Lipinski definition) is 0. The molecule has 3 rings (SSSR count). The number of aliphatic imine (C=N–C) groups is 1. The van der Waals surface area contributed by atoms with Crippen LogP contribution in [0.1, 0.15) is 18.9 Å². The minimum Gasteiger partial charge on any atom is -0.377 e. The molecule has 2 nitrogen and oxygen atoms in total. The first-order valence-corrected chi connectivity index (χ1v) is 5.83. The van der Waals surface area contributed by atoms with Crippen LogP contribution in [0.2, 0.25) is 0 Å². The maximum Gasteiger partial charge on any atom is 0.0709 e. The second-order valence-electron chi connectivity index (χ2n) is 4.83. The van der Waals surface area contributed by atoms with Gasteiger partial charge in [0.15, 0.2) is 0 Å². The van der Waals surface area contributed by atoms with Gasteiger partial charge in [0.25, 0.3) is 0 Å². The van der Waals surface area contributed by atoms with Crippen molar-refractivity contribution in [3.05, 3.63) is 35.5 Å². The average molecular weight is 212 g/mol. The molecule has 0 radical (unpaired) electrons. The minimum absolute atomic E-state index is 0.758. The van der Waals surface area contributed by atoms with Crippen LogP contribution in [0, 0.1) is 5.92 Å². The Kier molecular flexibility index (Phi) is 2.10. The number of fused-ring (bicyclic) bond motifs is 1. The summed E-state index contributed by atoms with van der Waals surface area (Å²) in [5.41, 5.74) is 5.17. The Bertz CT molecular complexity index is 485. The van der Waals surface area contributed by atoms with Crippen molar-refractivity contribution in [2.45, 2.75) is 13.3 Å². The maximum absolute atomic E-state index is 4.48. The standard InChI is InChI=1S/C14H16N2/c1-10-7-14(16(2)9-10)12-8-15-13-6-4-3-5-11(12)13/h3-6,8,10H,7,9H2,1-2H3/b14-12+/t10-/m1/s1. The fourth-order valence-electron chi connectivity index (χ4n) is 2.69. The van der Waals surface area contributed by atoms with Gasteiger partial charge in [-0.25, -0.2) is 0 Å². The van der Waals surface area contributed by atoms with E-state index in [1.165, 1.54) is 23.3 Å². The molecule has 0 amide bonds. The van der Waals surface area contributed by atoms with Crippen molar-refractivity contribution >= 4 is 17.5 Å². The van der Waals surface area contributed by atoms with Crippen molar-refractivity contribution in [2.75, 3.05) is 13.6 Å². The van der Waals surface area contributed by atoms with E-state index in [9.17, 15) is 0 Å². The molecule has 2 heteroatoms. The number of benzene rings is 1. The third-order valence-corrected chi connectivity index (χ3v) is 3.43. The van der Waals surface area contributed by atoms with Crippen molar-refractivity contribution in [1.82, 2.24) is 4.90 Å². The summed E-state index contributed by atoms with van der Waals surface area (Å²) in [5.74, 6) is 0.758. The molecule has 16 heavy (non-hydrogen) atoms. The molecule has 0 bridgehead atoms. The molecule has 1 aromatic carbocycles. The van der Waals surface area contributed by atoms with Crippen molar-refractivity contribution in [1.29, 1.82) is 0 Å². The highest BCUT2D eigenvalue weighted by Crippen LogP contribution is 2.37. The van der Waals surface area contributed by atoms with Crippen molar-refractivity contribution in [3.63, 3.8) is 0 Å². The Morgan fingerprint density at radius 3 is 2.88 bits per heavy atom. The lowest BCUT2D eigenvalue weighted by molar-refractivity contribution is 0.448. The fraction of sp³-hybridized carbons (Fsp3) is 0.357. The van der Waals surface area contributed by atoms with Gasteiger partial charge in [-0.2, -0.15) is 0 Å². The zero-order valence-corrected chi connectivity index (χ0v) is 9.77. The van der Waals surface area contributed by atoms with E-state index in [1.807, 2.05) is 12.3 Å². The van der Waals surface area contributed by atoms with Crippen LogP contribution in [0.15, 0.2) is 35.0 Å². The summed E-state index contributed by atoms with van der Waals surface area (Å²) >= 11 is 0. The Labute approximate surface area is 96.3 Å². The molecule has 2 aliphatic heterocycles. The average Bonchev–Trinajstić information content (AvgIpc) is 2.81. The van der Waals surface area contributed by atoms with Crippen LogP contribution in [-0.2, 0) is 0 Å². The number of nitrogens with zero attached hydrogens (tertiary/aromatic N) is 2. The summed E-state index contributed by atoms with van der Waals surface area (Å²) in [5, 5.41) is 0. The SMILES string of the molecule is C[C@@H]1C/C(=C2/C=Nc3ccccc32)N(C)C1. The maximum atomic E-state index is 4.48. The Hall–Kier alpha value is -1.57. The molecule has 1 atom stereocenters. The van der Waals surface area contributed by atoms with E-state index in [0.29, 0.717) is 0 Å². The molecule has 0 aliphatic carbocycles. The number of likely N-dealkylation sites (tertiary alicyclic amines) is 1. The third kappa shape index (κ3) is 1.37. The van der Waals surface area contributed by atoms with Gasteiger partial charge in [-0.3, -0.25) is 4.99 Å². The predicted octanol–water partition coefficient (Wildman–Crippen LogP) is 3.09. The second-order valence-corrected chi connectivity index (χ2v) is 4.83. The summed E-state index contributed by atoms with van der Waals surface area (Å²) in [4.78, 5) is 6.84. The van der Waals surface area contributed by atoms with Crippen LogP contribution in [-0.4, -0.2) is 24.7 Å². The van der Waals surface area contributed by atoms with Gasteiger partial charge in [-0.15, -0.1) is 0 Å². The summed E-state index contributed by atoms with van der Waals surface area (Å²) in [6.45, 7) is 3.47. The van der Waals surface area contributed by atoms with E-state index in [-0.39, 0.29) is 0 Å². The Balaban J connectivity index is 2.10. The van der Waals surface area contributed by atoms with Gasteiger partial charge in [0.05, 0.1) is 5.69 Å². The Morgan fingerprint density at radius 2 is 2.12 bits per heavy atom. The zero-order chi connectivity index (χ0) is 11.1. The number of rotatable bonds is 0. The highest BCUT2D eigenvalue weighted by atomic mass is 15.1. The topological polar surface area (TPSA) is 15.6 Å². The van der Waals surface area contributed by atoms with Gasteiger partial charge in [0.2, 0.25) is 0 Å². The monoisotopic (exact) mass is 212 g/mol. The van der Waals surface area contributed by atoms with E-state index < -0.39 is 0 Å². The van der Waals surface area contributed by atoms with E-state index in [4.69, 9.17) is 0 Å². The molecule has 0 N–H and O–H groups in total. The molecular weight excluding hydrogens is 196 g/mol. The highest BCUT2D eigenvalue weighted by molar-refractivity contribution is 6.17. The lowest BCUT2D eigenvalue weighted by Gasteiger charge is -2.15. The molecule has 0 unspecified atom stereocenters. The van der Waals surface area contributed by atoms with Gasteiger partial charge in [-0.05, 0) is 18.4 Å². The van der Waals surface area contributed by atoms with E-state index >= 15 is 0 Å². The molecular formula is C14H16N2. The first-order chi connectivity index (χ1) is 7.75. The first kappa shape index (κ1) is 9.64. The van der Waals surface area contributed by atoms with Crippen molar-refractivity contribution < 1.29 is 0 Å². The van der Waals surface area contributed by atoms with E-state index in [1.54, 1.807) is 0 Å². The summed E-state index contributed by atoms with van der Waals surface area (Å²) in [6, 6.07) is 8.39. The van der Waals surface area contributed by atoms with Crippen LogP contribution in [0.25, 0.3) is 5.57 Å². The number of para-hydroxylation sites is 1. The smallest absolute Gasteiger partial charge is 0.0709 e. The molecule has 82 valence electrons. The molecule has 1 saturated heterocycles. The van der Waals surface area contributed by atoms with Gasteiger partial charge in [0, 0.05) is 36.6 Å². The lowest BCUT2D eigenvalue weighted by atomic mass is 10.0. The molecule has 1 fully saturated rings. The van der Waals surface area contributed by atoms with Gasteiger partial charge in [-0.1, -0.05) is 25.1 Å². The van der Waals surface area contributed by atoms with Gasteiger partial charge in [0.1, 0.15) is 0 Å². The van der Waals surface area contributed by atoms with Crippen LogP contribution < -0.4 is 0 Å². The molecule has 2 heterocycles. The Morgan fingerprint density at radius 1 is 1.31 bits per heavy atom. The minimum atomic E-state index is 0.758. The van der Waals surface area contributed by atoms with Gasteiger partial charge < -0.3 is 4.90 Å². The van der Waals surface area contributed by atoms with Crippen LogP contribution in [0.3, 0.4) is 0 Å². The predicted molar refractivity (Wildman–Crippen MR) is 67.9 cm³/mol. The van der Waals surface area contributed by atoms with E-state index in [2.05, 4.69) is 42.1 Å². The zero-order valence-electron chi connectivity index (χ0n) is 9.77. The van der Waals surface area contributed by atoms with Crippen molar-refractivity contribution in [2.24, 2.45) is 10.9 Å². The van der Waals surface area contributed by atoms with Crippen LogP contribution >= 0.6 is 0 Å². The largest absolute Gasteiger partial charge is 0.377 e. The fourth-order valence-corrected chi connectivity index (χ4v) is 2.69. The highest BCUT2D eigenvalue weighted by Gasteiger charge is 2.25. The third-order valence-electron chi connectivity index (χ3n) is 3.43. The second kappa shape index (κ2) is 3.48.